The van der Waals surface area contributed by atoms with E-state index in [-0.39, 0.29) is 6.54 Å². The highest BCUT2D eigenvalue weighted by atomic mass is 15.5. The van der Waals surface area contributed by atoms with E-state index in [2.05, 4.69) is 51.5 Å². The van der Waals surface area contributed by atoms with Gasteiger partial charge in [-0.3, -0.25) is 0 Å². The van der Waals surface area contributed by atoms with E-state index in [1.807, 2.05) is 59.3 Å². The Morgan fingerprint density at radius 2 is 1.62 bits per heavy atom. The van der Waals surface area contributed by atoms with E-state index in [1.165, 1.54) is 0 Å². The van der Waals surface area contributed by atoms with Crippen LogP contribution in [0, 0.1) is 6.92 Å². The lowest BCUT2D eigenvalue weighted by atomic mass is 9.81. The van der Waals surface area contributed by atoms with Crippen molar-refractivity contribution in [3.8, 4) is 22.5 Å². The zero-order valence-corrected chi connectivity index (χ0v) is 15.9. The molecule has 29 heavy (non-hydrogen) atoms. The fraction of sp³-hybridized carbons (Fsp3) is 0.130. The number of rotatable bonds is 4. The first-order valence-corrected chi connectivity index (χ1v) is 9.46. The van der Waals surface area contributed by atoms with Crippen LogP contribution in [0.3, 0.4) is 0 Å². The normalized spacial score (nSPS) is 16.7. The number of nitrogens with zero attached hydrogens (tertiary/aromatic N) is 6. The Balaban J connectivity index is 1.89. The lowest BCUT2D eigenvalue weighted by molar-refractivity contribution is 0.405. The van der Waals surface area contributed by atoms with Crippen LogP contribution in [0.2, 0.25) is 0 Å². The Bertz CT molecular complexity index is 1250. The summed E-state index contributed by atoms with van der Waals surface area (Å²) in [5, 5.41) is 13.2. The monoisotopic (exact) mass is 378 g/mol. The predicted octanol–water partition coefficient (Wildman–Crippen LogP) is 5.34. The molecule has 0 saturated carbocycles. The summed E-state index contributed by atoms with van der Waals surface area (Å²) in [6.07, 6.45) is 0. The molecule has 1 aromatic heterocycles. The van der Waals surface area contributed by atoms with Crippen LogP contribution in [-0.4, -0.2) is 21.5 Å². The highest BCUT2D eigenvalue weighted by Gasteiger charge is 2.47. The maximum absolute atomic E-state index is 9.15. The smallest absolute Gasteiger partial charge is 0.122 e. The molecule has 0 saturated heterocycles. The molecule has 1 aliphatic rings. The molecular weight excluding hydrogens is 360 g/mol. The molecule has 0 amide bonds. The van der Waals surface area contributed by atoms with Crippen molar-refractivity contribution >= 4 is 0 Å². The molecule has 0 N–H and O–H groups in total. The molecule has 4 aromatic rings. The van der Waals surface area contributed by atoms with Gasteiger partial charge in [-0.2, -0.15) is 0 Å². The van der Waals surface area contributed by atoms with Gasteiger partial charge in [-0.05, 0) is 29.1 Å². The molecule has 0 spiro atoms. The zero-order valence-electron chi connectivity index (χ0n) is 15.9. The maximum atomic E-state index is 9.15. The second kappa shape index (κ2) is 6.62. The van der Waals surface area contributed by atoms with Crippen LogP contribution in [0.1, 0.15) is 16.7 Å². The van der Waals surface area contributed by atoms with E-state index in [4.69, 9.17) is 5.53 Å². The van der Waals surface area contributed by atoms with Gasteiger partial charge in [-0.1, -0.05) is 89.2 Å². The van der Waals surface area contributed by atoms with Crippen LogP contribution in [-0.2, 0) is 5.54 Å². The summed E-state index contributed by atoms with van der Waals surface area (Å²) in [5.74, 6) is 0. The third-order valence-electron chi connectivity index (χ3n) is 5.66. The maximum Gasteiger partial charge on any atom is 0.122 e. The van der Waals surface area contributed by atoms with Crippen LogP contribution in [0.4, 0.5) is 0 Å². The second-order valence-electron chi connectivity index (χ2n) is 7.17. The van der Waals surface area contributed by atoms with Gasteiger partial charge in [0.25, 0.3) is 0 Å². The highest BCUT2D eigenvalue weighted by Crippen LogP contribution is 2.50. The SMILES string of the molecule is Cc1ccccc1C1(CN=[N+]=[N-])c2ccccc2-c2c(-c3ccccc3)nnn21. The topological polar surface area (TPSA) is 79.5 Å². The van der Waals surface area contributed by atoms with E-state index in [9.17, 15) is 0 Å². The zero-order chi connectivity index (χ0) is 19.8. The molecule has 140 valence electrons. The van der Waals surface area contributed by atoms with Crippen molar-refractivity contribution in [1.29, 1.82) is 0 Å². The van der Waals surface area contributed by atoms with Crippen molar-refractivity contribution in [2.75, 3.05) is 6.54 Å². The first-order chi connectivity index (χ1) is 14.3. The van der Waals surface area contributed by atoms with Crippen LogP contribution in [0.25, 0.3) is 33.0 Å². The summed E-state index contributed by atoms with van der Waals surface area (Å²) < 4.78 is 1.94. The number of hydrogen-bond donors (Lipinski definition) is 0. The molecule has 1 atom stereocenters. The third-order valence-corrected chi connectivity index (χ3v) is 5.66. The third kappa shape index (κ3) is 2.40. The standard InChI is InChI=1S/C23H18N6/c1-16-9-5-7-13-19(16)23(15-25-27-24)20-14-8-6-12-18(20)22-21(26-28-29(22)23)17-10-3-2-4-11-17/h2-14H,15H2,1H3. The summed E-state index contributed by atoms with van der Waals surface area (Å²) in [5.41, 5.74) is 15.5. The fourth-order valence-electron chi connectivity index (χ4n) is 4.41. The van der Waals surface area contributed by atoms with Crippen molar-refractivity contribution in [3.05, 3.63) is 106 Å². The Morgan fingerprint density at radius 1 is 0.931 bits per heavy atom. The molecule has 1 unspecified atom stereocenters. The van der Waals surface area contributed by atoms with Crippen molar-refractivity contribution in [1.82, 2.24) is 15.0 Å². The minimum atomic E-state index is -0.733. The number of azide groups is 1. The largest absolute Gasteiger partial charge is 0.229 e. The van der Waals surface area contributed by atoms with E-state index in [1.54, 1.807) is 0 Å². The molecule has 0 bridgehead atoms. The quantitative estimate of drug-likeness (QED) is 0.273. The molecule has 5 rings (SSSR count). The van der Waals surface area contributed by atoms with Gasteiger partial charge in [0.1, 0.15) is 11.2 Å². The van der Waals surface area contributed by atoms with Gasteiger partial charge in [0, 0.05) is 16.0 Å². The number of fused-ring (bicyclic) bond motifs is 3. The molecule has 2 heterocycles. The van der Waals surface area contributed by atoms with Crippen molar-refractivity contribution in [2.45, 2.75) is 12.5 Å². The van der Waals surface area contributed by atoms with Crippen molar-refractivity contribution in [2.24, 2.45) is 5.11 Å². The number of aryl methyl sites for hydroxylation is 1. The predicted molar refractivity (Wildman–Crippen MR) is 112 cm³/mol. The Kier molecular flexibility index (Phi) is 3.93. The molecular formula is C23H18N6. The first kappa shape index (κ1) is 17.2. The van der Waals surface area contributed by atoms with Crippen molar-refractivity contribution in [3.63, 3.8) is 0 Å². The number of hydrogen-bond acceptors (Lipinski definition) is 3. The lowest BCUT2D eigenvalue weighted by Gasteiger charge is -2.31. The van der Waals surface area contributed by atoms with Gasteiger partial charge in [0.15, 0.2) is 0 Å². The average Bonchev–Trinajstić information content (AvgIpc) is 3.32. The first-order valence-electron chi connectivity index (χ1n) is 9.46. The van der Waals surface area contributed by atoms with Gasteiger partial charge in [-0.15, -0.1) is 5.10 Å². The minimum absolute atomic E-state index is 0.218. The van der Waals surface area contributed by atoms with E-state index < -0.39 is 5.54 Å². The molecule has 0 radical (unpaired) electrons. The summed E-state index contributed by atoms with van der Waals surface area (Å²) in [6.45, 7) is 2.29. The highest BCUT2D eigenvalue weighted by molar-refractivity contribution is 5.84. The average molecular weight is 378 g/mol. The Morgan fingerprint density at radius 3 is 2.38 bits per heavy atom. The number of benzene rings is 3. The molecule has 3 aromatic carbocycles. The van der Waals surface area contributed by atoms with Crippen LogP contribution >= 0.6 is 0 Å². The summed E-state index contributed by atoms with van der Waals surface area (Å²) in [7, 11) is 0. The summed E-state index contributed by atoms with van der Waals surface area (Å²) >= 11 is 0. The van der Waals surface area contributed by atoms with E-state index >= 15 is 0 Å². The molecule has 6 heteroatoms. The number of aromatic nitrogens is 3. The minimum Gasteiger partial charge on any atom is -0.229 e. The summed E-state index contributed by atoms with van der Waals surface area (Å²) in [6, 6.07) is 26.5. The fourth-order valence-corrected chi connectivity index (χ4v) is 4.41. The Labute approximate surface area is 168 Å². The van der Waals surface area contributed by atoms with Gasteiger partial charge in [-0.25, -0.2) is 4.68 Å². The second-order valence-corrected chi connectivity index (χ2v) is 7.17. The van der Waals surface area contributed by atoms with Crippen LogP contribution < -0.4 is 0 Å². The molecule has 0 aliphatic carbocycles. The van der Waals surface area contributed by atoms with Gasteiger partial charge >= 0.3 is 0 Å². The van der Waals surface area contributed by atoms with Crippen LogP contribution in [0.15, 0.2) is 84.0 Å². The molecule has 0 fully saturated rings. The Hall–Kier alpha value is -3.89. The van der Waals surface area contributed by atoms with E-state index in [0.717, 1.165) is 39.2 Å². The van der Waals surface area contributed by atoms with Crippen LogP contribution in [0.5, 0.6) is 0 Å². The van der Waals surface area contributed by atoms with Crippen molar-refractivity contribution < 1.29 is 0 Å². The van der Waals surface area contributed by atoms with Gasteiger partial charge in [0.2, 0.25) is 0 Å². The molecule has 1 aliphatic heterocycles. The molecule has 6 nitrogen and oxygen atoms in total. The van der Waals surface area contributed by atoms with E-state index in [0.29, 0.717) is 0 Å². The van der Waals surface area contributed by atoms with Gasteiger partial charge < -0.3 is 0 Å². The van der Waals surface area contributed by atoms with Gasteiger partial charge in [0.05, 0.1) is 12.2 Å². The summed E-state index contributed by atoms with van der Waals surface area (Å²) in [4.78, 5) is 3.07. The lowest BCUT2D eigenvalue weighted by Crippen LogP contribution is -2.38.